The maximum Gasteiger partial charge on any atom is 0.224 e. The molecule has 2 aromatic carbocycles. The van der Waals surface area contributed by atoms with Gasteiger partial charge < -0.3 is 10.1 Å². The molecule has 218 valence electrons. The van der Waals surface area contributed by atoms with Crippen LogP contribution >= 0.6 is 0 Å². The average Bonchev–Trinajstić information content (AvgIpc) is 2.81. The SMILES string of the molecule is CCCCCCCCOc1ccc(NC(=O)CCc2cc(C(C)(C)C)c(C)c(C(C)(C)C)c2)cc1C(C)(C)C. The number of nitrogens with one attached hydrogen (secondary N) is 1. The van der Waals surface area contributed by atoms with Crippen molar-refractivity contribution in [3.63, 3.8) is 0 Å². The van der Waals surface area contributed by atoms with Crippen LogP contribution in [0.5, 0.6) is 5.75 Å². The van der Waals surface area contributed by atoms with Crippen molar-refractivity contribution in [2.24, 2.45) is 0 Å². The number of amides is 1. The fraction of sp³-hybridized carbons (Fsp3) is 0.639. The van der Waals surface area contributed by atoms with Gasteiger partial charge in [-0.05, 0) is 76.5 Å². The quantitative estimate of drug-likeness (QED) is 0.275. The van der Waals surface area contributed by atoms with Gasteiger partial charge in [0.15, 0.2) is 0 Å². The van der Waals surface area contributed by atoms with Crippen molar-refractivity contribution in [2.45, 2.75) is 144 Å². The molecule has 2 rings (SSSR count). The Bertz CT molecular complexity index is 1040. The van der Waals surface area contributed by atoms with Crippen LogP contribution in [0.3, 0.4) is 0 Å². The van der Waals surface area contributed by atoms with Crippen LogP contribution in [0.25, 0.3) is 0 Å². The summed E-state index contributed by atoms with van der Waals surface area (Å²) in [6.45, 7) is 25.4. The van der Waals surface area contributed by atoms with E-state index in [0.717, 1.165) is 36.4 Å². The molecule has 1 N–H and O–H groups in total. The van der Waals surface area contributed by atoms with Crippen LogP contribution in [-0.2, 0) is 27.5 Å². The van der Waals surface area contributed by atoms with Gasteiger partial charge in [0.2, 0.25) is 5.91 Å². The molecule has 0 aromatic heterocycles. The third-order valence-corrected chi connectivity index (χ3v) is 7.55. The van der Waals surface area contributed by atoms with E-state index in [-0.39, 0.29) is 22.2 Å². The van der Waals surface area contributed by atoms with Crippen molar-refractivity contribution in [3.05, 3.63) is 58.1 Å². The van der Waals surface area contributed by atoms with Gasteiger partial charge in [0.25, 0.3) is 0 Å². The van der Waals surface area contributed by atoms with Crippen molar-refractivity contribution in [1.82, 2.24) is 0 Å². The zero-order valence-electron chi connectivity index (χ0n) is 27.1. The zero-order valence-corrected chi connectivity index (χ0v) is 27.1. The molecule has 0 unspecified atom stereocenters. The third kappa shape index (κ3) is 10.3. The summed E-state index contributed by atoms with van der Waals surface area (Å²) in [7, 11) is 0. The Morgan fingerprint density at radius 1 is 0.744 bits per heavy atom. The van der Waals surface area contributed by atoms with E-state index in [1.165, 1.54) is 54.4 Å². The molecule has 1 amide bonds. The Kier molecular flexibility index (Phi) is 11.7. The number of carbonyl (C=O) groups excluding carboxylic acids is 1. The van der Waals surface area contributed by atoms with E-state index in [1.807, 2.05) is 12.1 Å². The highest BCUT2D eigenvalue weighted by molar-refractivity contribution is 5.91. The van der Waals surface area contributed by atoms with Crippen LogP contribution in [0.1, 0.15) is 142 Å². The number of ether oxygens (including phenoxy) is 1. The predicted octanol–water partition coefficient (Wildman–Crippen LogP) is 10.2. The molecule has 0 heterocycles. The second kappa shape index (κ2) is 13.9. The zero-order chi connectivity index (χ0) is 29.4. The van der Waals surface area contributed by atoms with Crippen LogP contribution in [0, 0.1) is 6.92 Å². The number of carbonyl (C=O) groups is 1. The van der Waals surface area contributed by atoms with Crippen LogP contribution in [-0.4, -0.2) is 12.5 Å². The van der Waals surface area contributed by atoms with Gasteiger partial charge in [0.1, 0.15) is 5.75 Å². The lowest BCUT2D eigenvalue weighted by molar-refractivity contribution is -0.116. The van der Waals surface area contributed by atoms with Gasteiger partial charge in [-0.1, -0.05) is 113 Å². The monoisotopic (exact) mass is 535 g/mol. The molecule has 0 aliphatic heterocycles. The molecule has 0 spiro atoms. The lowest BCUT2D eigenvalue weighted by atomic mass is 9.75. The summed E-state index contributed by atoms with van der Waals surface area (Å²) >= 11 is 0. The Balaban J connectivity index is 2.09. The number of anilines is 1. The maximum atomic E-state index is 13.0. The van der Waals surface area contributed by atoms with E-state index in [0.29, 0.717) is 6.42 Å². The average molecular weight is 536 g/mol. The summed E-state index contributed by atoms with van der Waals surface area (Å²) in [4.78, 5) is 13.0. The molecule has 0 bridgehead atoms. The van der Waals surface area contributed by atoms with Gasteiger partial charge in [0, 0.05) is 17.7 Å². The summed E-state index contributed by atoms with van der Waals surface area (Å²) in [6.07, 6.45) is 8.68. The second-order valence-electron chi connectivity index (χ2n) is 14.4. The summed E-state index contributed by atoms with van der Waals surface area (Å²) in [5, 5.41) is 3.15. The molecule has 3 heteroatoms. The minimum Gasteiger partial charge on any atom is -0.493 e. The van der Waals surface area contributed by atoms with Crippen molar-refractivity contribution >= 4 is 11.6 Å². The molecule has 0 fully saturated rings. The molecule has 0 atom stereocenters. The Morgan fingerprint density at radius 2 is 1.28 bits per heavy atom. The van der Waals surface area contributed by atoms with Crippen molar-refractivity contribution in [2.75, 3.05) is 11.9 Å². The smallest absolute Gasteiger partial charge is 0.224 e. The van der Waals surface area contributed by atoms with Gasteiger partial charge in [-0.2, -0.15) is 0 Å². The number of benzene rings is 2. The van der Waals surface area contributed by atoms with Crippen LogP contribution in [0.4, 0.5) is 5.69 Å². The molecule has 0 aliphatic rings. The van der Waals surface area contributed by atoms with E-state index < -0.39 is 0 Å². The number of unbranched alkanes of at least 4 members (excludes halogenated alkanes) is 5. The van der Waals surface area contributed by atoms with Crippen molar-refractivity contribution < 1.29 is 9.53 Å². The fourth-order valence-electron chi connectivity index (χ4n) is 5.34. The third-order valence-electron chi connectivity index (χ3n) is 7.55. The number of hydrogen-bond donors (Lipinski definition) is 1. The molecule has 0 saturated heterocycles. The highest BCUT2D eigenvalue weighted by atomic mass is 16.5. The van der Waals surface area contributed by atoms with Gasteiger partial charge in [-0.15, -0.1) is 0 Å². The van der Waals surface area contributed by atoms with E-state index >= 15 is 0 Å². The van der Waals surface area contributed by atoms with Gasteiger partial charge >= 0.3 is 0 Å². The number of rotatable bonds is 12. The van der Waals surface area contributed by atoms with Gasteiger partial charge in [-0.3, -0.25) is 4.79 Å². The lowest BCUT2D eigenvalue weighted by Gasteiger charge is -2.30. The minimum absolute atomic E-state index is 0.0470. The van der Waals surface area contributed by atoms with E-state index in [9.17, 15) is 4.79 Å². The summed E-state index contributed by atoms with van der Waals surface area (Å²) < 4.78 is 6.21. The van der Waals surface area contributed by atoms with E-state index in [2.05, 4.69) is 99.7 Å². The Labute approximate surface area is 240 Å². The van der Waals surface area contributed by atoms with Crippen LogP contribution in [0.2, 0.25) is 0 Å². The van der Waals surface area contributed by atoms with Crippen LogP contribution < -0.4 is 10.1 Å². The summed E-state index contributed by atoms with van der Waals surface area (Å²) in [5.74, 6) is 0.976. The normalized spacial score (nSPS) is 12.5. The van der Waals surface area contributed by atoms with E-state index in [4.69, 9.17) is 4.74 Å². The maximum absolute atomic E-state index is 13.0. The van der Waals surface area contributed by atoms with Crippen molar-refractivity contribution in [1.29, 1.82) is 0 Å². The topological polar surface area (TPSA) is 38.3 Å². The van der Waals surface area contributed by atoms with Gasteiger partial charge in [0.05, 0.1) is 6.61 Å². The standard InChI is InChI=1S/C36H57NO2/c1-12-13-14-15-16-17-22-39-32-20-19-28(25-31(32)36(9,10)11)37-33(38)21-18-27-23-29(34(3,4)5)26(2)30(24-27)35(6,7)8/h19-20,23-25H,12-18,21-22H2,1-11H3,(H,37,38). The van der Waals surface area contributed by atoms with E-state index in [1.54, 1.807) is 0 Å². The fourth-order valence-corrected chi connectivity index (χ4v) is 5.34. The first-order valence-electron chi connectivity index (χ1n) is 15.3. The minimum atomic E-state index is -0.0776. The van der Waals surface area contributed by atoms with Gasteiger partial charge in [-0.25, -0.2) is 0 Å². The predicted molar refractivity (Wildman–Crippen MR) is 170 cm³/mol. The highest BCUT2D eigenvalue weighted by Gasteiger charge is 2.25. The molecule has 0 aliphatic carbocycles. The van der Waals surface area contributed by atoms with Crippen molar-refractivity contribution in [3.8, 4) is 5.75 Å². The summed E-state index contributed by atoms with van der Waals surface area (Å²) in [6, 6.07) is 10.7. The Morgan fingerprint density at radius 3 is 1.82 bits per heavy atom. The Hall–Kier alpha value is -2.29. The first-order valence-corrected chi connectivity index (χ1v) is 15.3. The van der Waals surface area contributed by atoms with Crippen LogP contribution in [0.15, 0.2) is 30.3 Å². The highest BCUT2D eigenvalue weighted by Crippen LogP contribution is 2.36. The number of hydrogen-bond acceptors (Lipinski definition) is 2. The largest absolute Gasteiger partial charge is 0.493 e. The lowest BCUT2D eigenvalue weighted by Crippen LogP contribution is -2.21. The molecule has 3 nitrogen and oxygen atoms in total. The first kappa shape index (κ1) is 32.9. The molecular formula is C36H57NO2. The molecule has 0 saturated carbocycles. The first-order chi connectivity index (χ1) is 18.0. The molecule has 39 heavy (non-hydrogen) atoms. The summed E-state index contributed by atoms with van der Waals surface area (Å²) in [5.41, 5.74) is 7.37. The number of aryl methyl sites for hydroxylation is 1. The molecule has 2 aromatic rings. The second-order valence-corrected chi connectivity index (χ2v) is 14.4. The molecular weight excluding hydrogens is 478 g/mol. The molecule has 0 radical (unpaired) electrons.